The Hall–Kier alpha value is -3.02. The quantitative estimate of drug-likeness (QED) is 0.623. The highest BCUT2D eigenvalue weighted by molar-refractivity contribution is 5.94. The lowest BCUT2D eigenvalue weighted by atomic mass is 10.1. The largest absolute Gasteiger partial charge is 0.339 e. The van der Waals surface area contributed by atoms with Gasteiger partial charge >= 0.3 is 0 Å². The fraction of sp³-hybridized carbons (Fsp3) is 0.286. The molecule has 0 spiro atoms. The van der Waals surface area contributed by atoms with E-state index in [1.807, 2.05) is 42.2 Å². The van der Waals surface area contributed by atoms with Gasteiger partial charge in [0.25, 0.3) is 5.91 Å². The summed E-state index contributed by atoms with van der Waals surface area (Å²) in [5.41, 5.74) is 1.35. The molecule has 140 valence electrons. The lowest BCUT2D eigenvalue weighted by Crippen LogP contribution is -2.39. The molecule has 0 N–H and O–H groups in total. The van der Waals surface area contributed by atoms with E-state index in [9.17, 15) is 9.18 Å². The molecule has 1 heterocycles. The summed E-state index contributed by atoms with van der Waals surface area (Å²) in [6, 6.07) is 15.3. The zero-order chi connectivity index (χ0) is 19.2. The number of nitrogens with zero attached hydrogens (tertiary/aromatic N) is 3. The van der Waals surface area contributed by atoms with Crippen LogP contribution < -0.4 is 0 Å². The SMILES string of the molecule is CCC(C)N(CCc1nc(-c2ccc(F)cc2)no1)C(=O)c1ccccc1. The van der Waals surface area contributed by atoms with Crippen LogP contribution in [0.5, 0.6) is 0 Å². The molecule has 1 atom stereocenters. The van der Waals surface area contributed by atoms with Crippen LogP contribution in [0.25, 0.3) is 11.4 Å². The first kappa shape index (κ1) is 18.8. The molecule has 0 aliphatic heterocycles. The van der Waals surface area contributed by atoms with Crippen LogP contribution in [0.15, 0.2) is 59.1 Å². The van der Waals surface area contributed by atoms with Crippen molar-refractivity contribution in [3.8, 4) is 11.4 Å². The molecular formula is C21H22FN3O2. The smallest absolute Gasteiger partial charge is 0.254 e. The molecule has 5 nitrogen and oxygen atoms in total. The molecule has 0 aliphatic carbocycles. The molecule has 3 aromatic rings. The fourth-order valence-electron chi connectivity index (χ4n) is 2.78. The molecule has 1 unspecified atom stereocenters. The van der Waals surface area contributed by atoms with E-state index >= 15 is 0 Å². The molecule has 0 saturated heterocycles. The van der Waals surface area contributed by atoms with Gasteiger partial charge in [0.15, 0.2) is 0 Å². The second kappa shape index (κ2) is 8.58. The molecule has 6 heteroatoms. The van der Waals surface area contributed by atoms with Crippen LogP contribution >= 0.6 is 0 Å². The van der Waals surface area contributed by atoms with E-state index in [4.69, 9.17) is 4.52 Å². The monoisotopic (exact) mass is 367 g/mol. The van der Waals surface area contributed by atoms with Gasteiger partial charge in [-0.25, -0.2) is 4.39 Å². The topological polar surface area (TPSA) is 59.2 Å². The first-order valence-corrected chi connectivity index (χ1v) is 9.03. The summed E-state index contributed by atoms with van der Waals surface area (Å²) in [5, 5.41) is 3.95. The normalized spacial score (nSPS) is 12.0. The molecule has 0 bridgehead atoms. The van der Waals surface area contributed by atoms with Crippen LogP contribution in [0.1, 0.15) is 36.5 Å². The third-order valence-electron chi connectivity index (χ3n) is 4.54. The highest BCUT2D eigenvalue weighted by Gasteiger charge is 2.21. The van der Waals surface area contributed by atoms with Crippen molar-refractivity contribution in [2.45, 2.75) is 32.7 Å². The van der Waals surface area contributed by atoms with Crippen LogP contribution in [0.3, 0.4) is 0 Å². The first-order chi connectivity index (χ1) is 13.1. The molecule has 1 amide bonds. The van der Waals surface area contributed by atoms with Gasteiger partial charge in [-0.05, 0) is 49.7 Å². The Bertz CT molecular complexity index is 878. The van der Waals surface area contributed by atoms with E-state index < -0.39 is 0 Å². The Morgan fingerprint density at radius 2 is 1.85 bits per heavy atom. The lowest BCUT2D eigenvalue weighted by molar-refractivity contribution is 0.0686. The van der Waals surface area contributed by atoms with E-state index in [0.717, 1.165) is 6.42 Å². The highest BCUT2D eigenvalue weighted by atomic mass is 19.1. The summed E-state index contributed by atoms with van der Waals surface area (Å²) in [6.07, 6.45) is 1.31. The average Bonchev–Trinajstić information content (AvgIpc) is 3.18. The van der Waals surface area contributed by atoms with Gasteiger partial charge in [0.05, 0.1) is 0 Å². The Morgan fingerprint density at radius 3 is 2.52 bits per heavy atom. The minimum absolute atomic E-state index is 0.0109. The maximum absolute atomic E-state index is 13.0. The van der Waals surface area contributed by atoms with Gasteiger partial charge in [0, 0.05) is 30.1 Å². The minimum Gasteiger partial charge on any atom is -0.339 e. The fourth-order valence-corrected chi connectivity index (χ4v) is 2.78. The summed E-state index contributed by atoms with van der Waals surface area (Å²) < 4.78 is 18.3. The standard InChI is InChI=1S/C21H22FN3O2/c1-3-15(2)25(21(26)17-7-5-4-6-8-17)14-13-19-23-20(24-27-19)16-9-11-18(22)12-10-16/h4-12,15H,3,13-14H2,1-2H3. The van der Waals surface area contributed by atoms with Crippen molar-refractivity contribution in [2.24, 2.45) is 0 Å². The predicted octanol–water partition coefficient (Wildman–Crippen LogP) is 4.36. The van der Waals surface area contributed by atoms with E-state index in [1.165, 1.54) is 12.1 Å². The third-order valence-corrected chi connectivity index (χ3v) is 4.54. The van der Waals surface area contributed by atoms with E-state index in [2.05, 4.69) is 17.1 Å². The van der Waals surface area contributed by atoms with E-state index in [1.54, 1.807) is 12.1 Å². The summed E-state index contributed by atoms with van der Waals surface area (Å²) >= 11 is 0. The Balaban J connectivity index is 1.70. The molecule has 2 aromatic carbocycles. The van der Waals surface area contributed by atoms with Crippen molar-refractivity contribution in [3.05, 3.63) is 71.9 Å². The number of hydrogen-bond donors (Lipinski definition) is 0. The summed E-state index contributed by atoms with van der Waals surface area (Å²) in [6.45, 7) is 4.56. The van der Waals surface area contributed by atoms with Crippen molar-refractivity contribution in [3.63, 3.8) is 0 Å². The number of carbonyl (C=O) groups excluding carboxylic acids is 1. The van der Waals surface area contributed by atoms with Crippen molar-refractivity contribution in [1.82, 2.24) is 15.0 Å². The van der Waals surface area contributed by atoms with Gasteiger partial charge in [-0.1, -0.05) is 30.3 Å². The van der Waals surface area contributed by atoms with Gasteiger partial charge < -0.3 is 9.42 Å². The van der Waals surface area contributed by atoms with Crippen LogP contribution in [0.2, 0.25) is 0 Å². The van der Waals surface area contributed by atoms with Crippen LogP contribution in [-0.2, 0) is 6.42 Å². The summed E-state index contributed by atoms with van der Waals surface area (Å²) in [5.74, 6) is 0.535. The van der Waals surface area contributed by atoms with Crippen molar-refractivity contribution < 1.29 is 13.7 Å². The number of benzene rings is 2. The minimum atomic E-state index is -0.314. The van der Waals surface area contributed by atoms with Crippen LogP contribution in [0.4, 0.5) is 4.39 Å². The maximum Gasteiger partial charge on any atom is 0.254 e. The Labute approximate surface area is 157 Å². The molecule has 0 aliphatic rings. The van der Waals surface area contributed by atoms with Gasteiger partial charge in [-0.3, -0.25) is 4.79 Å². The Kier molecular flexibility index (Phi) is 5.96. The van der Waals surface area contributed by atoms with Crippen LogP contribution in [-0.4, -0.2) is 33.5 Å². The number of aromatic nitrogens is 2. The zero-order valence-electron chi connectivity index (χ0n) is 15.4. The highest BCUT2D eigenvalue weighted by Crippen LogP contribution is 2.17. The van der Waals surface area contributed by atoms with E-state index in [-0.39, 0.29) is 17.8 Å². The molecule has 0 radical (unpaired) electrons. The second-order valence-electron chi connectivity index (χ2n) is 6.39. The number of hydrogen-bond acceptors (Lipinski definition) is 4. The van der Waals surface area contributed by atoms with Crippen molar-refractivity contribution in [2.75, 3.05) is 6.54 Å². The van der Waals surface area contributed by atoms with Gasteiger partial charge in [0.2, 0.25) is 11.7 Å². The maximum atomic E-state index is 13.0. The van der Waals surface area contributed by atoms with Gasteiger partial charge in [-0.2, -0.15) is 4.98 Å². The molecule has 0 fully saturated rings. The molecular weight excluding hydrogens is 345 g/mol. The number of carbonyl (C=O) groups is 1. The molecule has 1 aromatic heterocycles. The first-order valence-electron chi connectivity index (χ1n) is 9.03. The molecule has 0 saturated carbocycles. The van der Waals surface area contributed by atoms with E-state index in [0.29, 0.717) is 35.8 Å². The molecule has 3 rings (SSSR count). The Morgan fingerprint density at radius 1 is 1.15 bits per heavy atom. The number of amides is 1. The zero-order valence-corrected chi connectivity index (χ0v) is 15.4. The summed E-state index contributed by atoms with van der Waals surface area (Å²) in [4.78, 5) is 19.0. The van der Waals surface area contributed by atoms with Crippen molar-refractivity contribution >= 4 is 5.91 Å². The number of halogens is 1. The molecule has 27 heavy (non-hydrogen) atoms. The van der Waals surface area contributed by atoms with Gasteiger partial charge in [-0.15, -0.1) is 0 Å². The van der Waals surface area contributed by atoms with Crippen LogP contribution in [0, 0.1) is 5.82 Å². The average molecular weight is 367 g/mol. The second-order valence-corrected chi connectivity index (χ2v) is 6.39. The number of rotatable bonds is 7. The summed E-state index contributed by atoms with van der Waals surface area (Å²) in [7, 11) is 0. The third kappa shape index (κ3) is 4.58. The van der Waals surface area contributed by atoms with Gasteiger partial charge in [0.1, 0.15) is 5.82 Å². The predicted molar refractivity (Wildman–Crippen MR) is 101 cm³/mol. The lowest BCUT2D eigenvalue weighted by Gasteiger charge is -2.28. The van der Waals surface area contributed by atoms with Crippen molar-refractivity contribution in [1.29, 1.82) is 0 Å².